The van der Waals surface area contributed by atoms with E-state index in [9.17, 15) is 18.7 Å². The number of aliphatic hydroxyl groups excluding tert-OH is 1. The normalized spacial score (nSPS) is 41.4. The number of Topliss-reactive ketones (excluding diaryl/α,β-unsaturated/α-hetero) is 1. The van der Waals surface area contributed by atoms with Gasteiger partial charge in [0.1, 0.15) is 5.54 Å². The lowest BCUT2D eigenvalue weighted by Gasteiger charge is -2.54. The first-order valence-corrected chi connectivity index (χ1v) is 5.25. The van der Waals surface area contributed by atoms with Crippen molar-refractivity contribution in [1.82, 2.24) is 4.90 Å². The third-order valence-electron chi connectivity index (χ3n) is 3.62. The van der Waals surface area contributed by atoms with Crippen molar-refractivity contribution in [2.75, 3.05) is 33.4 Å². The van der Waals surface area contributed by atoms with E-state index in [1.54, 1.807) is 0 Å². The summed E-state index contributed by atoms with van der Waals surface area (Å²) in [6, 6.07) is 0. The fourth-order valence-electron chi connectivity index (χ4n) is 2.73. The number of carbonyl (C=O) groups excluding carboxylic acids is 1. The van der Waals surface area contributed by atoms with E-state index in [1.165, 1.54) is 12.0 Å². The van der Waals surface area contributed by atoms with E-state index in [-0.39, 0.29) is 13.0 Å². The lowest BCUT2D eigenvalue weighted by Crippen LogP contribution is -2.74. The number of hydrogen-bond acceptors (Lipinski definition) is 4. The summed E-state index contributed by atoms with van der Waals surface area (Å²) in [4.78, 5) is 13.3. The summed E-state index contributed by atoms with van der Waals surface area (Å²) in [5, 5.41) is 9.35. The molecule has 3 saturated heterocycles. The molecule has 3 fully saturated rings. The minimum atomic E-state index is -2.97. The van der Waals surface area contributed by atoms with Crippen LogP contribution >= 0.6 is 0 Å². The molecule has 0 aromatic heterocycles. The molecule has 0 aliphatic carbocycles. The van der Waals surface area contributed by atoms with Gasteiger partial charge < -0.3 is 9.84 Å². The standard InChI is InChI=1S/C10H15F2NO3/c1-16-6-9(5-14)8(15)7-2-3-13(9)4-10(7,11)12/h7,14H,2-6H2,1H3/t7-,9+/m1/s1. The Kier molecular flexibility index (Phi) is 2.76. The second-order valence-electron chi connectivity index (χ2n) is 4.51. The Morgan fingerprint density at radius 3 is 2.75 bits per heavy atom. The van der Waals surface area contributed by atoms with Crippen LogP contribution in [0.15, 0.2) is 0 Å². The predicted molar refractivity (Wildman–Crippen MR) is 51.3 cm³/mol. The molecule has 92 valence electrons. The molecular weight excluding hydrogens is 220 g/mol. The number of carbonyl (C=O) groups is 1. The third kappa shape index (κ3) is 1.40. The third-order valence-corrected chi connectivity index (χ3v) is 3.62. The summed E-state index contributed by atoms with van der Waals surface area (Å²) >= 11 is 0. The lowest BCUT2D eigenvalue weighted by atomic mass is 9.72. The Bertz CT molecular complexity index is 310. The lowest BCUT2D eigenvalue weighted by molar-refractivity contribution is -0.203. The number of rotatable bonds is 3. The highest BCUT2D eigenvalue weighted by molar-refractivity contribution is 5.93. The van der Waals surface area contributed by atoms with Gasteiger partial charge in [-0.3, -0.25) is 9.69 Å². The van der Waals surface area contributed by atoms with E-state index in [0.29, 0.717) is 6.54 Å². The van der Waals surface area contributed by atoms with Crippen LogP contribution in [-0.2, 0) is 9.53 Å². The summed E-state index contributed by atoms with van der Waals surface area (Å²) < 4.78 is 31.9. The van der Waals surface area contributed by atoms with Crippen LogP contribution < -0.4 is 0 Å². The van der Waals surface area contributed by atoms with Gasteiger partial charge in [0, 0.05) is 13.7 Å². The van der Waals surface area contributed by atoms with Gasteiger partial charge in [0.15, 0.2) is 5.78 Å². The van der Waals surface area contributed by atoms with Gasteiger partial charge in [-0.25, -0.2) is 8.78 Å². The van der Waals surface area contributed by atoms with Gasteiger partial charge in [-0.15, -0.1) is 0 Å². The number of methoxy groups -OCH3 is 1. The van der Waals surface area contributed by atoms with Crippen molar-refractivity contribution in [3.05, 3.63) is 0 Å². The Morgan fingerprint density at radius 1 is 1.62 bits per heavy atom. The molecule has 0 aromatic rings. The molecule has 0 spiro atoms. The van der Waals surface area contributed by atoms with Gasteiger partial charge in [0.05, 0.1) is 25.7 Å². The van der Waals surface area contributed by atoms with Gasteiger partial charge in [-0.05, 0) is 6.42 Å². The van der Waals surface area contributed by atoms with Crippen molar-refractivity contribution in [2.24, 2.45) is 5.92 Å². The van der Waals surface area contributed by atoms with Crippen molar-refractivity contribution in [3.63, 3.8) is 0 Å². The molecule has 2 bridgehead atoms. The van der Waals surface area contributed by atoms with E-state index in [1.807, 2.05) is 0 Å². The average molecular weight is 235 g/mol. The van der Waals surface area contributed by atoms with Crippen molar-refractivity contribution in [2.45, 2.75) is 17.9 Å². The fraction of sp³-hybridized carbons (Fsp3) is 0.900. The van der Waals surface area contributed by atoms with Crippen LogP contribution in [0.1, 0.15) is 6.42 Å². The zero-order chi connectivity index (χ0) is 12.0. The molecule has 3 rings (SSSR count). The molecule has 3 aliphatic heterocycles. The second kappa shape index (κ2) is 3.72. The van der Waals surface area contributed by atoms with E-state index in [2.05, 4.69) is 0 Å². The first-order chi connectivity index (χ1) is 7.48. The van der Waals surface area contributed by atoms with E-state index in [0.717, 1.165) is 0 Å². The van der Waals surface area contributed by atoms with E-state index >= 15 is 0 Å². The number of piperidine rings is 3. The van der Waals surface area contributed by atoms with Crippen molar-refractivity contribution < 1.29 is 23.4 Å². The van der Waals surface area contributed by atoms with Gasteiger partial charge in [0.2, 0.25) is 0 Å². The smallest absolute Gasteiger partial charge is 0.270 e. The summed E-state index contributed by atoms with van der Waals surface area (Å²) in [7, 11) is 1.40. The van der Waals surface area contributed by atoms with Gasteiger partial charge in [0.25, 0.3) is 5.92 Å². The summed E-state index contributed by atoms with van der Waals surface area (Å²) in [6.45, 7) is -0.551. The summed E-state index contributed by atoms with van der Waals surface area (Å²) in [5.41, 5.74) is -1.25. The fourth-order valence-corrected chi connectivity index (χ4v) is 2.73. The zero-order valence-corrected chi connectivity index (χ0v) is 9.08. The first kappa shape index (κ1) is 11.9. The van der Waals surface area contributed by atoms with Crippen LogP contribution in [-0.4, -0.2) is 60.7 Å². The maximum atomic E-state index is 13.5. The predicted octanol–water partition coefficient (Wildman–Crippen LogP) is -0.0962. The van der Waals surface area contributed by atoms with Crippen LogP contribution in [0.3, 0.4) is 0 Å². The molecule has 0 radical (unpaired) electrons. The zero-order valence-electron chi connectivity index (χ0n) is 9.08. The average Bonchev–Trinajstić information content (AvgIpc) is 2.22. The SMILES string of the molecule is COC[C@@]1(CO)C(=O)[C@H]2CCN1CC2(F)F. The van der Waals surface area contributed by atoms with Crippen molar-refractivity contribution in [3.8, 4) is 0 Å². The van der Waals surface area contributed by atoms with Crippen molar-refractivity contribution in [1.29, 1.82) is 0 Å². The van der Waals surface area contributed by atoms with E-state index in [4.69, 9.17) is 4.74 Å². The highest BCUT2D eigenvalue weighted by Crippen LogP contribution is 2.44. The summed E-state index contributed by atoms with van der Waals surface area (Å²) in [5.74, 6) is -4.82. The molecule has 0 saturated carbocycles. The molecule has 4 nitrogen and oxygen atoms in total. The molecule has 6 heteroatoms. The number of aliphatic hydroxyl groups is 1. The topological polar surface area (TPSA) is 49.8 Å². The van der Waals surface area contributed by atoms with Gasteiger partial charge in [-0.1, -0.05) is 0 Å². The molecule has 3 aliphatic rings. The molecule has 16 heavy (non-hydrogen) atoms. The number of alkyl halides is 2. The number of hydrogen-bond donors (Lipinski definition) is 1. The molecule has 3 heterocycles. The Balaban J connectivity index is 2.34. The first-order valence-electron chi connectivity index (χ1n) is 5.25. The van der Waals surface area contributed by atoms with Crippen LogP contribution in [0, 0.1) is 5.92 Å². The maximum Gasteiger partial charge on any atom is 0.270 e. The molecule has 0 aromatic carbocycles. The van der Waals surface area contributed by atoms with E-state index < -0.39 is 36.3 Å². The number of nitrogens with zero attached hydrogens (tertiary/aromatic N) is 1. The van der Waals surface area contributed by atoms with Crippen LogP contribution in [0.25, 0.3) is 0 Å². The minimum absolute atomic E-state index is 0.0328. The Morgan fingerprint density at radius 2 is 2.31 bits per heavy atom. The van der Waals surface area contributed by atoms with Crippen LogP contribution in [0.4, 0.5) is 8.78 Å². The summed E-state index contributed by atoms with van der Waals surface area (Å²) in [6.07, 6.45) is 0.164. The number of ether oxygens (including phenoxy) is 1. The largest absolute Gasteiger partial charge is 0.394 e. The molecule has 3 atom stereocenters. The molecule has 1 unspecified atom stereocenters. The molecular formula is C10H15F2NO3. The highest BCUT2D eigenvalue weighted by Gasteiger charge is 2.63. The number of fused-ring (bicyclic) bond motifs is 3. The Labute approximate surface area is 92.2 Å². The van der Waals surface area contributed by atoms with Crippen LogP contribution in [0.2, 0.25) is 0 Å². The van der Waals surface area contributed by atoms with Crippen LogP contribution in [0.5, 0.6) is 0 Å². The maximum absolute atomic E-state index is 13.5. The van der Waals surface area contributed by atoms with Gasteiger partial charge >= 0.3 is 0 Å². The van der Waals surface area contributed by atoms with Crippen molar-refractivity contribution >= 4 is 5.78 Å². The molecule has 1 N–H and O–H groups in total. The number of halogens is 2. The minimum Gasteiger partial charge on any atom is -0.394 e. The molecule has 0 amide bonds. The number of ketones is 1. The van der Waals surface area contributed by atoms with Gasteiger partial charge in [-0.2, -0.15) is 0 Å². The monoisotopic (exact) mass is 235 g/mol. The second-order valence-corrected chi connectivity index (χ2v) is 4.51. The highest BCUT2D eigenvalue weighted by atomic mass is 19.3. The Hall–Kier alpha value is -0.590. The quantitative estimate of drug-likeness (QED) is 0.742.